The highest BCUT2D eigenvalue weighted by molar-refractivity contribution is 6.01. The van der Waals surface area contributed by atoms with Gasteiger partial charge >= 0.3 is 0 Å². The topological polar surface area (TPSA) is 181 Å². The molecule has 12 heteroatoms. The largest absolute Gasteiger partial charge is 0.494 e. The molecule has 2 atom stereocenters. The number of amides is 1. The number of aliphatic imine (C=N–C) groups is 1. The van der Waals surface area contributed by atoms with Crippen molar-refractivity contribution in [1.29, 1.82) is 0 Å². The van der Waals surface area contributed by atoms with Gasteiger partial charge in [0.1, 0.15) is 5.75 Å². The van der Waals surface area contributed by atoms with Crippen molar-refractivity contribution in [2.45, 2.75) is 37.1 Å². The van der Waals surface area contributed by atoms with Gasteiger partial charge in [-0.1, -0.05) is 71.9 Å². The SMILES string of the molecule is [N-]=[N+]=NCc1ccccc1[C@@H]1OC(c2ccc(OCCCO)cc2)=N[C@]1(C/C=C/c1ccccc1)C(=O)NNC(CO)CO. The Bertz CT molecular complexity index is 1470. The van der Waals surface area contributed by atoms with E-state index in [1.54, 1.807) is 30.3 Å². The van der Waals surface area contributed by atoms with Crippen LogP contribution in [-0.4, -0.2) is 65.1 Å². The number of nitrogens with one attached hydrogen (secondary N) is 2. The molecule has 0 aliphatic carbocycles. The van der Waals surface area contributed by atoms with Crippen molar-refractivity contribution in [3.8, 4) is 5.75 Å². The lowest BCUT2D eigenvalue weighted by atomic mass is 9.82. The summed E-state index contributed by atoms with van der Waals surface area (Å²) in [7, 11) is 0. The molecule has 0 radical (unpaired) electrons. The predicted molar refractivity (Wildman–Crippen MR) is 165 cm³/mol. The normalized spacial score (nSPS) is 17.6. The van der Waals surface area contributed by atoms with Gasteiger partial charge < -0.3 is 24.8 Å². The number of hydrogen-bond donors (Lipinski definition) is 5. The highest BCUT2D eigenvalue weighted by atomic mass is 16.5. The van der Waals surface area contributed by atoms with E-state index in [9.17, 15) is 15.0 Å². The number of carbonyl (C=O) groups excluding carboxylic acids is 1. The first-order valence-electron chi connectivity index (χ1n) is 14.2. The van der Waals surface area contributed by atoms with Crippen LogP contribution in [0.15, 0.2) is 95.0 Å². The van der Waals surface area contributed by atoms with E-state index in [2.05, 4.69) is 20.9 Å². The quantitative estimate of drug-likeness (QED) is 0.0547. The molecule has 0 bridgehead atoms. The summed E-state index contributed by atoms with van der Waals surface area (Å²) in [6.07, 6.45) is 3.42. The lowest BCUT2D eigenvalue weighted by molar-refractivity contribution is -0.130. The second kappa shape index (κ2) is 16.2. The zero-order valence-electron chi connectivity index (χ0n) is 24.1. The number of carbonyl (C=O) groups is 1. The number of nitrogens with zero attached hydrogens (tertiary/aromatic N) is 4. The van der Waals surface area contributed by atoms with Gasteiger partial charge in [-0.3, -0.25) is 10.2 Å². The summed E-state index contributed by atoms with van der Waals surface area (Å²) < 4.78 is 12.2. The Morgan fingerprint density at radius 1 is 1.07 bits per heavy atom. The molecule has 3 aromatic carbocycles. The van der Waals surface area contributed by atoms with Crippen LogP contribution in [-0.2, 0) is 16.1 Å². The molecule has 0 unspecified atom stereocenters. The zero-order valence-corrected chi connectivity index (χ0v) is 24.1. The van der Waals surface area contributed by atoms with Crippen molar-refractivity contribution in [2.24, 2.45) is 10.1 Å². The molecule has 1 aliphatic rings. The Labute approximate surface area is 255 Å². The first-order chi connectivity index (χ1) is 21.5. The van der Waals surface area contributed by atoms with Crippen molar-refractivity contribution < 1.29 is 29.6 Å². The third-order valence-electron chi connectivity index (χ3n) is 7.04. The summed E-state index contributed by atoms with van der Waals surface area (Å²) in [6.45, 7) is -0.388. The summed E-state index contributed by atoms with van der Waals surface area (Å²) in [5, 5.41) is 31.9. The molecule has 1 amide bonds. The van der Waals surface area contributed by atoms with Crippen molar-refractivity contribution in [3.63, 3.8) is 0 Å². The first kappa shape index (κ1) is 32.2. The van der Waals surface area contributed by atoms with Crippen molar-refractivity contribution >= 4 is 17.9 Å². The molecule has 4 rings (SSSR count). The fourth-order valence-electron chi connectivity index (χ4n) is 4.70. The minimum absolute atomic E-state index is 0.0281. The maximum atomic E-state index is 14.2. The molecular formula is C32H36N6O6. The van der Waals surface area contributed by atoms with Gasteiger partial charge in [-0.2, -0.15) is 0 Å². The van der Waals surface area contributed by atoms with Crippen molar-refractivity contribution in [3.05, 3.63) is 118 Å². The highest BCUT2D eigenvalue weighted by Crippen LogP contribution is 2.44. The van der Waals surface area contributed by atoms with Crippen LogP contribution in [0.25, 0.3) is 16.5 Å². The standard InChI is InChI=1S/C32H36N6O6/c33-38-34-20-25-11-4-5-12-28(25)29-32(31(42)37-36-26(21-40)22-41,17-6-10-23-8-2-1-3-9-23)35-30(44-29)24-13-15-27(16-14-24)43-19-7-18-39/h1-6,8-16,26,29,36,39-41H,7,17-22H2,(H,37,42)/b10-6+/t29-,32-/m0/s1. The summed E-state index contributed by atoms with van der Waals surface area (Å²) in [6, 6.07) is 23.1. The average Bonchev–Trinajstić information content (AvgIpc) is 3.45. The van der Waals surface area contributed by atoms with Gasteiger partial charge in [0.05, 0.1) is 32.4 Å². The third-order valence-corrected chi connectivity index (χ3v) is 7.04. The Morgan fingerprint density at radius 3 is 2.50 bits per heavy atom. The van der Waals surface area contributed by atoms with Crippen molar-refractivity contribution in [2.75, 3.05) is 26.4 Å². The van der Waals surface area contributed by atoms with Gasteiger partial charge in [0, 0.05) is 29.9 Å². The molecule has 44 heavy (non-hydrogen) atoms. The van der Waals surface area contributed by atoms with Crippen LogP contribution in [0.1, 0.15) is 41.2 Å². The minimum Gasteiger partial charge on any atom is -0.494 e. The number of hydrogen-bond acceptors (Lipinski definition) is 9. The molecule has 230 valence electrons. The molecule has 0 saturated heterocycles. The summed E-state index contributed by atoms with van der Waals surface area (Å²) >= 11 is 0. The van der Waals surface area contributed by atoms with Crippen LogP contribution >= 0.6 is 0 Å². The number of aliphatic hydroxyl groups excluding tert-OH is 3. The third kappa shape index (κ3) is 8.01. The van der Waals surface area contributed by atoms with Crippen LogP contribution < -0.4 is 15.6 Å². The van der Waals surface area contributed by atoms with E-state index in [0.29, 0.717) is 35.5 Å². The van der Waals surface area contributed by atoms with Gasteiger partial charge in [0.15, 0.2) is 11.6 Å². The van der Waals surface area contributed by atoms with Crippen LogP contribution in [0, 0.1) is 0 Å². The van der Waals surface area contributed by atoms with E-state index in [1.165, 1.54) is 0 Å². The second-order valence-corrected chi connectivity index (χ2v) is 10.1. The van der Waals surface area contributed by atoms with Gasteiger partial charge in [0.25, 0.3) is 5.91 Å². The van der Waals surface area contributed by atoms with E-state index in [4.69, 9.17) is 25.1 Å². The summed E-state index contributed by atoms with van der Waals surface area (Å²) in [4.78, 5) is 22.0. The molecule has 1 aliphatic heterocycles. The first-order valence-corrected chi connectivity index (χ1v) is 14.2. The molecule has 3 aromatic rings. The average molecular weight is 601 g/mol. The van der Waals surface area contributed by atoms with Crippen LogP contribution in [0.4, 0.5) is 0 Å². The number of aliphatic hydroxyl groups is 3. The van der Waals surface area contributed by atoms with Crippen LogP contribution in [0.3, 0.4) is 0 Å². The Hall–Kier alpha value is -4.71. The van der Waals surface area contributed by atoms with E-state index >= 15 is 0 Å². The van der Waals surface area contributed by atoms with E-state index in [1.807, 2.05) is 60.7 Å². The molecule has 5 N–H and O–H groups in total. The number of azide groups is 1. The van der Waals surface area contributed by atoms with Crippen LogP contribution in [0.2, 0.25) is 0 Å². The fraction of sp³-hybridized carbons (Fsp3) is 0.312. The maximum Gasteiger partial charge on any atom is 0.266 e. The Morgan fingerprint density at radius 2 is 1.80 bits per heavy atom. The molecule has 0 fully saturated rings. The summed E-state index contributed by atoms with van der Waals surface area (Å²) in [5.74, 6) is 0.277. The van der Waals surface area contributed by atoms with E-state index in [0.717, 1.165) is 5.56 Å². The molecule has 12 nitrogen and oxygen atoms in total. The van der Waals surface area contributed by atoms with Gasteiger partial charge in [-0.05, 0) is 46.5 Å². The lowest BCUT2D eigenvalue weighted by Gasteiger charge is -2.31. The van der Waals surface area contributed by atoms with Crippen molar-refractivity contribution in [1.82, 2.24) is 10.9 Å². The van der Waals surface area contributed by atoms with Gasteiger partial charge in [0.2, 0.25) is 5.90 Å². The van der Waals surface area contributed by atoms with Gasteiger partial charge in [-0.25, -0.2) is 10.4 Å². The second-order valence-electron chi connectivity index (χ2n) is 10.1. The molecule has 0 aromatic heterocycles. The Balaban J connectivity index is 1.79. The minimum atomic E-state index is -1.55. The number of ether oxygens (including phenoxy) is 2. The van der Waals surface area contributed by atoms with Gasteiger partial charge in [-0.15, -0.1) is 0 Å². The molecular weight excluding hydrogens is 564 g/mol. The lowest BCUT2D eigenvalue weighted by Crippen LogP contribution is -2.56. The Kier molecular flexibility index (Phi) is 11.9. The fourth-order valence-corrected chi connectivity index (χ4v) is 4.70. The zero-order chi connectivity index (χ0) is 31.2. The summed E-state index contributed by atoms with van der Waals surface area (Å²) in [5.41, 5.74) is 15.6. The number of rotatable bonds is 16. The smallest absolute Gasteiger partial charge is 0.266 e. The van der Waals surface area contributed by atoms with E-state index in [-0.39, 0.29) is 25.5 Å². The molecule has 0 saturated carbocycles. The number of benzene rings is 3. The maximum absolute atomic E-state index is 14.2. The number of hydrazine groups is 1. The molecule has 0 spiro atoms. The van der Waals surface area contributed by atoms with E-state index < -0.39 is 36.8 Å². The highest BCUT2D eigenvalue weighted by Gasteiger charge is 2.53. The molecule has 1 heterocycles. The van der Waals surface area contributed by atoms with Crippen LogP contribution in [0.5, 0.6) is 5.75 Å². The predicted octanol–water partition coefficient (Wildman–Crippen LogP) is 3.59. The monoisotopic (exact) mass is 600 g/mol.